The van der Waals surface area contributed by atoms with Gasteiger partial charge in [0.1, 0.15) is 6.04 Å². The van der Waals surface area contributed by atoms with Gasteiger partial charge in [0.15, 0.2) is 5.78 Å². The molecule has 0 aromatic carbocycles. The lowest BCUT2D eigenvalue weighted by Crippen LogP contribution is -2.42. The average molecular weight is 340 g/mol. The molecule has 3 atom stereocenters. The Hall–Kier alpha value is -1.23. The summed E-state index contributed by atoms with van der Waals surface area (Å²) in [6, 6.07) is -0.718. The predicted molar refractivity (Wildman–Crippen MR) is 96.6 cm³/mol. The molecule has 0 fully saturated rings. The smallest absolute Gasteiger partial charge is 0.327 e. The van der Waals surface area contributed by atoms with Gasteiger partial charge in [0, 0.05) is 30.0 Å². The van der Waals surface area contributed by atoms with Crippen LogP contribution in [0.15, 0.2) is 23.9 Å². The number of likely N-dealkylation sites (N-methyl/N-ethyl adjacent to an activating group) is 1. The van der Waals surface area contributed by atoms with E-state index < -0.39 is 12.0 Å². The molecule has 0 aliphatic heterocycles. The summed E-state index contributed by atoms with van der Waals surface area (Å²) in [5, 5.41) is 9.32. The van der Waals surface area contributed by atoms with Crippen molar-refractivity contribution in [1.29, 1.82) is 0 Å². The number of rotatable bonds is 7. The minimum absolute atomic E-state index is 0.0751. The van der Waals surface area contributed by atoms with Crippen LogP contribution in [0.3, 0.4) is 0 Å². The van der Waals surface area contributed by atoms with E-state index in [4.69, 9.17) is 0 Å². The Labute approximate surface area is 145 Å². The minimum atomic E-state index is -0.920. The van der Waals surface area contributed by atoms with Crippen molar-refractivity contribution >= 4 is 24.4 Å². The first-order valence-corrected chi connectivity index (χ1v) is 8.78. The first kappa shape index (κ1) is 19.8. The van der Waals surface area contributed by atoms with Crippen molar-refractivity contribution in [1.82, 2.24) is 4.90 Å². The van der Waals surface area contributed by atoms with Crippen molar-refractivity contribution in [3.05, 3.63) is 23.9 Å². The Morgan fingerprint density at radius 3 is 2.52 bits per heavy atom. The third kappa shape index (κ3) is 4.63. The van der Waals surface area contributed by atoms with E-state index in [9.17, 15) is 14.7 Å². The molecule has 0 saturated heterocycles. The Bertz CT molecular complexity index is 510. The zero-order chi connectivity index (χ0) is 17.8. The number of hydrogen-bond donors (Lipinski definition) is 2. The van der Waals surface area contributed by atoms with Gasteiger partial charge in [0.05, 0.1) is 0 Å². The molecule has 0 radical (unpaired) electrons. The number of ketones is 1. The van der Waals surface area contributed by atoms with Crippen LogP contribution in [-0.4, -0.2) is 40.1 Å². The van der Waals surface area contributed by atoms with E-state index in [2.05, 4.69) is 45.6 Å². The number of aliphatic carboxylic acids is 1. The summed E-state index contributed by atoms with van der Waals surface area (Å²) in [6.45, 7) is 10.5. The second-order valence-electron chi connectivity index (χ2n) is 6.97. The fourth-order valence-corrected chi connectivity index (χ4v) is 3.94. The first-order chi connectivity index (χ1) is 10.7. The molecular formula is C18H29NO3S. The van der Waals surface area contributed by atoms with Gasteiger partial charge in [-0.05, 0) is 31.6 Å². The highest BCUT2D eigenvalue weighted by Gasteiger charge is 2.38. The zero-order valence-electron chi connectivity index (χ0n) is 14.7. The largest absolute Gasteiger partial charge is 0.480 e. The van der Waals surface area contributed by atoms with Crippen LogP contribution in [0.2, 0.25) is 0 Å². The highest BCUT2D eigenvalue weighted by atomic mass is 32.1. The molecule has 0 amide bonds. The first-order valence-electron chi connectivity index (χ1n) is 8.14. The van der Waals surface area contributed by atoms with Gasteiger partial charge in [-0.3, -0.25) is 4.79 Å². The van der Waals surface area contributed by atoms with Crippen molar-refractivity contribution in [3.63, 3.8) is 0 Å². The summed E-state index contributed by atoms with van der Waals surface area (Å²) in [4.78, 5) is 25.9. The van der Waals surface area contributed by atoms with Gasteiger partial charge in [-0.15, -0.1) is 0 Å². The topological polar surface area (TPSA) is 57.6 Å². The monoisotopic (exact) mass is 339 g/mol. The predicted octanol–water partition coefficient (Wildman–Crippen LogP) is 3.40. The van der Waals surface area contributed by atoms with E-state index in [1.54, 1.807) is 17.9 Å². The highest BCUT2D eigenvalue weighted by Crippen LogP contribution is 2.41. The molecule has 0 aromatic rings. The Kier molecular flexibility index (Phi) is 6.93. The highest BCUT2D eigenvalue weighted by molar-refractivity contribution is 7.80. The summed E-state index contributed by atoms with van der Waals surface area (Å²) in [6.07, 6.45) is 6.74. The Morgan fingerprint density at radius 1 is 1.48 bits per heavy atom. The second kappa shape index (κ2) is 8.04. The fraction of sp³-hybridized carbons (Fsp3) is 0.667. The van der Waals surface area contributed by atoms with Gasteiger partial charge in [0.2, 0.25) is 0 Å². The van der Waals surface area contributed by atoms with Crippen molar-refractivity contribution in [2.45, 2.75) is 47.1 Å². The van der Waals surface area contributed by atoms with Gasteiger partial charge >= 0.3 is 5.97 Å². The molecule has 1 rings (SSSR count). The van der Waals surface area contributed by atoms with E-state index >= 15 is 0 Å². The quantitative estimate of drug-likeness (QED) is 0.424. The molecule has 1 N–H and O–H groups in total. The van der Waals surface area contributed by atoms with Gasteiger partial charge in [-0.1, -0.05) is 32.9 Å². The molecular weight excluding hydrogens is 310 g/mol. The Balaban J connectivity index is 3.05. The molecule has 0 spiro atoms. The molecule has 1 aliphatic carbocycles. The maximum atomic E-state index is 12.8. The van der Waals surface area contributed by atoms with Crippen LogP contribution < -0.4 is 0 Å². The number of thiol groups is 1. The molecule has 3 unspecified atom stereocenters. The van der Waals surface area contributed by atoms with Crippen LogP contribution in [0.1, 0.15) is 41.0 Å². The second-order valence-corrected chi connectivity index (χ2v) is 7.33. The number of carboxylic acids is 1. The number of carbonyl (C=O) groups excluding carboxylic acids is 1. The molecule has 0 bridgehead atoms. The lowest BCUT2D eigenvalue weighted by molar-refractivity contribution is -0.141. The SMILES string of the molecule is CCN(/C(C)=C\C(=O)C1C(C)C=CCC1(C)C)C(CS)C(=O)O. The third-order valence-corrected chi connectivity index (χ3v) is 5.08. The molecule has 1 aliphatic rings. The van der Waals surface area contributed by atoms with Crippen molar-refractivity contribution < 1.29 is 14.7 Å². The fourth-order valence-electron chi connectivity index (χ4n) is 3.58. The lowest BCUT2D eigenvalue weighted by Gasteiger charge is -2.38. The van der Waals surface area contributed by atoms with Crippen molar-refractivity contribution in [2.75, 3.05) is 12.3 Å². The third-order valence-electron chi connectivity index (χ3n) is 4.74. The van der Waals surface area contributed by atoms with Crippen molar-refractivity contribution in [3.8, 4) is 0 Å². The molecule has 0 heterocycles. The minimum Gasteiger partial charge on any atom is -0.480 e. The maximum absolute atomic E-state index is 12.8. The van der Waals surface area contributed by atoms with Crippen LogP contribution in [-0.2, 0) is 9.59 Å². The molecule has 5 heteroatoms. The lowest BCUT2D eigenvalue weighted by atomic mass is 9.65. The van der Waals surface area contributed by atoms with E-state index in [1.807, 2.05) is 6.92 Å². The summed E-state index contributed by atoms with van der Waals surface area (Å²) in [5.41, 5.74) is 0.603. The number of carbonyl (C=O) groups is 2. The van der Waals surface area contributed by atoms with Crippen molar-refractivity contribution in [2.24, 2.45) is 17.3 Å². The van der Waals surface area contributed by atoms with Gasteiger partial charge in [-0.25, -0.2) is 4.79 Å². The van der Waals surface area contributed by atoms with E-state index in [1.165, 1.54) is 0 Å². The number of hydrogen-bond acceptors (Lipinski definition) is 4. The van der Waals surface area contributed by atoms with Crippen LogP contribution in [0.5, 0.6) is 0 Å². The van der Waals surface area contributed by atoms with Crippen LogP contribution in [0.25, 0.3) is 0 Å². The molecule has 130 valence electrons. The summed E-state index contributed by atoms with van der Waals surface area (Å²) in [7, 11) is 0. The Morgan fingerprint density at radius 2 is 2.09 bits per heavy atom. The summed E-state index contributed by atoms with van der Waals surface area (Å²) < 4.78 is 0. The maximum Gasteiger partial charge on any atom is 0.327 e. The zero-order valence-corrected chi connectivity index (χ0v) is 15.6. The van der Waals surface area contributed by atoms with Crippen LogP contribution in [0.4, 0.5) is 0 Å². The number of carboxylic acid groups (broad SMARTS) is 1. The summed E-state index contributed by atoms with van der Waals surface area (Å²) >= 11 is 4.13. The van der Waals surface area contributed by atoms with Gasteiger partial charge < -0.3 is 10.0 Å². The van der Waals surface area contributed by atoms with Gasteiger partial charge in [0.25, 0.3) is 0 Å². The normalized spacial score (nSPS) is 25.0. The standard InChI is InChI=1S/C18H29NO3S/c1-6-19(14(11-23)17(21)22)13(3)10-15(20)16-12(2)8-7-9-18(16,4)5/h7-8,10,12,14,16,23H,6,9,11H2,1-5H3,(H,21,22)/b13-10-. The van der Waals surface area contributed by atoms with Crippen LogP contribution >= 0.6 is 12.6 Å². The van der Waals surface area contributed by atoms with Gasteiger partial charge in [-0.2, -0.15) is 12.6 Å². The molecule has 4 nitrogen and oxygen atoms in total. The van der Waals surface area contributed by atoms with E-state index in [0.717, 1.165) is 6.42 Å². The molecule has 23 heavy (non-hydrogen) atoms. The molecule has 0 aromatic heterocycles. The van der Waals surface area contributed by atoms with Crippen LogP contribution in [0, 0.1) is 17.3 Å². The van der Waals surface area contributed by atoms with E-state index in [-0.39, 0.29) is 28.8 Å². The van der Waals surface area contributed by atoms with E-state index in [0.29, 0.717) is 12.2 Å². The number of nitrogens with zero attached hydrogens (tertiary/aromatic N) is 1. The average Bonchev–Trinajstić information content (AvgIpc) is 2.42. The molecule has 0 saturated carbocycles. The summed E-state index contributed by atoms with van der Waals surface area (Å²) in [5.74, 6) is -0.537. The number of allylic oxidation sites excluding steroid dienone is 4.